The van der Waals surface area contributed by atoms with Gasteiger partial charge in [-0.2, -0.15) is 8.78 Å². The van der Waals surface area contributed by atoms with Crippen molar-refractivity contribution in [1.82, 2.24) is 5.32 Å². The van der Waals surface area contributed by atoms with Crippen LogP contribution in [0.25, 0.3) is 0 Å². The molecule has 2 nitrogen and oxygen atoms in total. The third-order valence-electron chi connectivity index (χ3n) is 3.38. The highest BCUT2D eigenvalue weighted by Gasteiger charge is 2.49. The number of halogens is 4. The van der Waals surface area contributed by atoms with Crippen molar-refractivity contribution in [3.63, 3.8) is 0 Å². The van der Waals surface area contributed by atoms with Crippen molar-refractivity contribution in [2.24, 2.45) is 0 Å². The van der Waals surface area contributed by atoms with Crippen molar-refractivity contribution < 1.29 is 22.3 Å². The maximum atomic E-state index is 13.6. The molecule has 1 atom stereocenters. The molecular weight excluding hydrogens is 274 g/mol. The molecule has 1 aromatic rings. The quantitative estimate of drug-likeness (QED) is 0.856. The van der Waals surface area contributed by atoms with Crippen LogP contribution >= 0.6 is 0 Å². The van der Waals surface area contributed by atoms with Crippen molar-refractivity contribution in [3.05, 3.63) is 29.3 Å². The molecule has 112 valence electrons. The van der Waals surface area contributed by atoms with Crippen molar-refractivity contribution in [1.29, 1.82) is 0 Å². The van der Waals surface area contributed by atoms with Crippen LogP contribution in [0.5, 0.6) is 5.75 Å². The van der Waals surface area contributed by atoms with E-state index in [2.05, 4.69) is 5.32 Å². The zero-order valence-corrected chi connectivity index (χ0v) is 11.5. The highest BCUT2D eigenvalue weighted by atomic mass is 19.3. The Bertz CT molecular complexity index is 502. The van der Waals surface area contributed by atoms with Gasteiger partial charge in [0.15, 0.2) is 0 Å². The summed E-state index contributed by atoms with van der Waals surface area (Å²) < 4.78 is 57.8. The zero-order valence-electron chi connectivity index (χ0n) is 11.5. The molecule has 0 bridgehead atoms. The summed E-state index contributed by atoms with van der Waals surface area (Å²) in [4.78, 5) is 0. The van der Waals surface area contributed by atoms with Crippen LogP contribution in [0.4, 0.5) is 17.6 Å². The molecule has 0 spiro atoms. The van der Waals surface area contributed by atoms with E-state index >= 15 is 0 Å². The minimum Gasteiger partial charge on any atom is -0.487 e. The molecule has 0 saturated carbocycles. The SMILES string of the molecule is CNC(c1ccc2c(c1)CC(C)(C)O2)C(F)(F)C(F)F. The second-order valence-corrected chi connectivity index (χ2v) is 5.60. The van der Waals surface area contributed by atoms with Crippen LogP contribution in [-0.4, -0.2) is 25.0 Å². The Hall–Kier alpha value is -1.30. The van der Waals surface area contributed by atoms with Gasteiger partial charge in [0.1, 0.15) is 17.4 Å². The molecule has 1 aromatic carbocycles. The lowest BCUT2D eigenvalue weighted by atomic mass is 9.95. The highest BCUT2D eigenvalue weighted by molar-refractivity contribution is 5.43. The van der Waals surface area contributed by atoms with Gasteiger partial charge in [-0.1, -0.05) is 12.1 Å². The minimum atomic E-state index is -4.13. The lowest BCUT2D eigenvalue weighted by molar-refractivity contribution is -0.150. The standard InChI is InChI=1S/C14H17F4NO/c1-13(2)7-9-6-8(4-5-10(9)20-13)11(19-3)14(17,18)12(15)16/h4-6,11-12,19H,7H2,1-3H3. The van der Waals surface area contributed by atoms with Crippen LogP contribution in [0.3, 0.4) is 0 Å². The largest absolute Gasteiger partial charge is 0.487 e. The molecule has 1 aliphatic rings. The first-order chi connectivity index (χ1) is 9.17. The number of nitrogens with one attached hydrogen (secondary N) is 1. The van der Waals surface area contributed by atoms with Gasteiger partial charge in [0, 0.05) is 6.42 Å². The van der Waals surface area contributed by atoms with E-state index in [1.807, 2.05) is 13.8 Å². The molecule has 0 aliphatic carbocycles. The van der Waals surface area contributed by atoms with Crippen LogP contribution in [0, 0.1) is 0 Å². The maximum Gasteiger partial charge on any atom is 0.326 e. The summed E-state index contributed by atoms with van der Waals surface area (Å²) in [5, 5.41) is 2.28. The van der Waals surface area contributed by atoms with E-state index in [1.165, 1.54) is 19.2 Å². The summed E-state index contributed by atoms with van der Waals surface area (Å²) >= 11 is 0. The summed E-state index contributed by atoms with van der Waals surface area (Å²) in [6, 6.07) is 2.75. The molecule has 0 amide bonds. The second-order valence-electron chi connectivity index (χ2n) is 5.60. The number of benzene rings is 1. The lowest BCUT2D eigenvalue weighted by Crippen LogP contribution is -2.41. The third-order valence-corrected chi connectivity index (χ3v) is 3.38. The van der Waals surface area contributed by atoms with Crippen LogP contribution in [0.2, 0.25) is 0 Å². The van der Waals surface area contributed by atoms with E-state index in [-0.39, 0.29) is 5.56 Å². The predicted molar refractivity (Wildman–Crippen MR) is 67.6 cm³/mol. The Morgan fingerprint density at radius 2 is 1.95 bits per heavy atom. The summed E-state index contributed by atoms with van der Waals surface area (Å²) in [5.41, 5.74) is 0.497. The van der Waals surface area contributed by atoms with Crippen molar-refractivity contribution in [2.75, 3.05) is 7.05 Å². The fourth-order valence-electron chi connectivity index (χ4n) is 2.52. The van der Waals surface area contributed by atoms with Crippen molar-refractivity contribution >= 4 is 0 Å². The average molecular weight is 291 g/mol. The Labute approximate surface area is 115 Å². The average Bonchev–Trinajstić information content (AvgIpc) is 2.62. The molecule has 1 unspecified atom stereocenters. The topological polar surface area (TPSA) is 21.3 Å². The molecule has 0 saturated heterocycles. The van der Waals surface area contributed by atoms with E-state index in [1.54, 1.807) is 6.07 Å². The zero-order chi connectivity index (χ0) is 15.1. The van der Waals surface area contributed by atoms with Gasteiger partial charge in [-0.15, -0.1) is 0 Å². The Morgan fingerprint density at radius 1 is 1.30 bits per heavy atom. The molecule has 20 heavy (non-hydrogen) atoms. The maximum absolute atomic E-state index is 13.6. The normalized spacial score (nSPS) is 18.8. The predicted octanol–water partition coefficient (Wildman–Crippen LogP) is 3.56. The van der Waals surface area contributed by atoms with Gasteiger partial charge < -0.3 is 10.1 Å². The number of ether oxygens (including phenoxy) is 1. The van der Waals surface area contributed by atoms with Gasteiger partial charge in [0.05, 0.1) is 0 Å². The lowest BCUT2D eigenvalue weighted by Gasteiger charge is -2.26. The molecule has 1 N–H and O–H groups in total. The third kappa shape index (κ3) is 2.61. The molecular formula is C14H17F4NO. The first kappa shape index (κ1) is 15.1. The van der Waals surface area contributed by atoms with Crippen LogP contribution in [-0.2, 0) is 6.42 Å². The molecule has 0 radical (unpaired) electrons. The summed E-state index contributed by atoms with van der Waals surface area (Å²) in [7, 11) is 1.24. The van der Waals surface area contributed by atoms with E-state index in [9.17, 15) is 17.6 Å². The van der Waals surface area contributed by atoms with Gasteiger partial charge in [0.25, 0.3) is 0 Å². The first-order valence-electron chi connectivity index (χ1n) is 6.32. The summed E-state index contributed by atoms with van der Waals surface area (Å²) in [6.07, 6.45) is -3.16. The van der Waals surface area contributed by atoms with Crippen LogP contribution < -0.4 is 10.1 Å². The van der Waals surface area contributed by atoms with Gasteiger partial charge in [-0.25, -0.2) is 8.78 Å². The fraction of sp³-hybridized carbons (Fsp3) is 0.571. The summed E-state index contributed by atoms with van der Waals surface area (Å²) in [6.45, 7) is 3.77. The second kappa shape index (κ2) is 4.91. The first-order valence-corrected chi connectivity index (χ1v) is 6.32. The van der Waals surface area contributed by atoms with Crippen molar-refractivity contribution in [2.45, 2.75) is 44.3 Å². The number of hydrogen-bond acceptors (Lipinski definition) is 2. The van der Waals surface area contributed by atoms with Crippen LogP contribution in [0.15, 0.2) is 18.2 Å². The number of rotatable bonds is 4. The molecule has 6 heteroatoms. The Balaban J connectivity index is 2.35. The Morgan fingerprint density at radius 3 is 2.50 bits per heavy atom. The van der Waals surface area contributed by atoms with E-state index in [0.29, 0.717) is 12.2 Å². The van der Waals surface area contributed by atoms with Crippen molar-refractivity contribution in [3.8, 4) is 5.75 Å². The fourth-order valence-corrected chi connectivity index (χ4v) is 2.52. The summed E-state index contributed by atoms with van der Waals surface area (Å²) in [5.74, 6) is -3.51. The van der Waals surface area contributed by atoms with E-state index < -0.39 is 24.0 Å². The van der Waals surface area contributed by atoms with Gasteiger partial charge in [-0.05, 0) is 38.1 Å². The van der Waals surface area contributed by atoms with Gasteiger partial charge in [-0.3, -0.25) is 0 Å². The molecule has 1 aliphatic heterocycles. The molecule has 1 heterocycles. The van der Waals surface area contributed by atoms with E-state index in [0.717, 1.165) is 5.56 Å². The molecule has 2 rings (SSSR count). The highest BCUT2D eigenvalue weighted by Crippen LogP contribution is 2.40. The molecule has 0 fully saturated rings. The Kier molecular flexibility index (Phi) is 3.71. The number of fused-ring (bicyclic) bond motifs is 1. The number of hydrogen-bond donors (Lipinski definition) is 1. The van der Waals surface area contributed by atoms with Gasteiger partial charge >= 0.3 is 12.3 Å². The monoisotopic (exact) mass is 291 g/mol. The van der Waals surface area contributed by atoms with E-state index in [4.69, 9.17) is 4.74 Å². The van der Waals surface area contributed by atoms with Gasteiger partial charge in [0.2, 0.25) is 0 Å². The smallest absolute Gasteiger partial charge is 0.326 e. The molecule has 0 aromatic heterocycles. The van der Waals surface area contributed by atoms with Crippen LogP contribution in [0.1, 0.15) is 31.0 Å². The minimum absolute atomic E-state index is 0.137. The number of alkyl halides is 4.